The van der Waals surface area contributed by atoms with Crippen LogP contribution in [0.15, 0.2) is 24.3 Å². The molecule has 0 fully saturated rings. The number of hydrogen-bond acceptors (Lipinski definition) is 4. The maximum absolute atomic E-state index is 11.9. The summed E-state index contributed by atoms with van der Waals surface area (Å²) in [5.74, 6) is 0.465. The van der Waals surface area contributed by atoms with E-state index >= 15 is 0 Å². The van der Waals surface area contributed by atoms with E-state index in [1.807, 2.05) is 24.3 Å². The zero-order valence-electron chi connectivity index (χ0n) is 11.9. The van der Waals surface area contributed by atoms with Crippen LogP contribution in [0.5, 0.6) is 5.75 Å². The van der Waals surface area contributed by atoms with Gasteiger partial charge in [0.15, 0.2) is 6.61 Å². The van der Waals surface area contributed by atoms with E-state index in [-0.39, 0.29) is 30.8 Å². The van der Waals surface area contributed by atoms with Crippen molar-refractivity contribution in [2.75, 3.05) is 24.6 Å². The van der Waals surface area contributed by atoms with Gasteiger partial charge >= 0.3 is 0 Å². The van der Waals surface area contributed by atoms with Gasteiger partial charge in [-0.15, -0.1) is 12.4 Å². The first-order valence-electron chi connectivity index (χ1n) is 6.65. The van der Waals surface area contributed by atoms with Crippen molar-refractivity contribution in [3.8, 4) is 5.75 Å². The van der Waals surface area contributed by atoms with Gasteiger partial charge in [0.1, 0.15) is 5.75 Å². The Labute approximate surface area is 130 Å². The van der Waals surface area contributed by atoms with Crippen molar-refractivity contribution in [2.24, 2.45) is 5.73 Å². The Morgan fingerprint density at radius 1 is 1.48 bits per heavy atom. The lowest BCUT2D eigenvalue weighted by Gasteiger charge is -2.29. The highest BCUT2D eigenvalue weighted by Crippen LogP contribution is 2.31. The molecule has 0 radical (unpaired) electrons. The lowest BCUT2D eigenvalue weighted by Crippen LogP contribution is -2.42. The summed E-state index contributed by atoms with van der Waals surface area (Å²) < 4.78 is 5.36. The fourth-order valence-electron chi connectivity index (χ4n) is 2.01. The molecule has 1 aliphatic rings. The predicted octanol–water partition coefficient (Wildman–Crippen LogP) is 0.687. The molecule has 0 aliphatic carbocycles. The first-order chi connectivity index (χ1) is 9.59. The molecule has 0 saturated heterocycles. The second-order valence-corrected chi connectivity index (χ2v) is 4.74. The van der Waals surface area contributed by atoms with E-state index in [1.54, 1.807) is 11.8 Å². The van der Waals surface area contributed by atoms with Gasteiger partial charge in [-0.3, -0.25) is 9.59 Å². The zero-order valence-corrected chi connectivity index (χ0v) is 12.7. The molecule has 0 bridgehead atoms. The minimum atomic E-state index is -0.513. The van der Waals surface area contributed by atoms with Crippen LogP contribution in [0.4, 0.5) is 5.69 Å². The molecule has 2 rings (SSSR count). The number of anilines is 1. The number of nitrogens with one attached hydrogen (secondary N) is 1. The van der Waals surface area contributed by atoms with E-state index in [0.29, 0.717) is 25.3 Å². The molecule has 21 heavy (non-hydrogen) atoms. The van der Waals surface area contributed by atoms with Gasteiger partial charge in [-0.1, -0.05) is 12.1 Å². The van der Waals surface area contributed by atoms with Gasteiger partial charge in [0.25, 0.3) is 5.91 Å². The molecule has 116 valence electrons. The number of carbonyl (C=O) groups excluding carboxylic acids is 2. The smallest absolute Gasteiger partial charge is 0.265 e. The molecule has 2 amide bonds. The molecule has 1 atom stereocenters. The average Bonchev–Trinajstić information content (AvgIpc) is 2.45. The minimum Gasteiger partial charge on any atom is -0.482 e. The summed E-state index contributed by atoms with van der Waals surface area (Å²) in [5, 5.41) is 2.73. The number of nitrogens with two attached hydrogens (primary N) is 1. The third-order valence-electron chi connectivity index (χ3n) is 3.08. The van der Waals surface area contributed by atoms with Crippen molar-refractivity contribution in [1.82, 2.24) is 5.32 Å². The Kier molecular flexibility index (Phi) is 6.45. The molecular formula is C14H20ClN3O3. The number of ether oxygens (including phenoxy) is 1. The van der Waals surface area contributed by atoms with Crippen LogP contribution in [0, 0.1) is 0 Å². The van der Waals surface area contributed by atoms with E-state index in [1.165, 1.54) is 0 Å². The highest BCUT2D eigenvalue weighted by atomic mass is 35.5. The molecule has 0 saturated carbocycles. The standard InChI is InChI=1S/C14H19N3O3.ClH/c1-10(15)14(19)16-7-4-8-17-11-5-2-3-6-12(11)20-9-13(17)18;/h2-3,5-6,10H,4,7-9,15H2,1H3,(H,16,19);1H/t10-;/m0./s1. The van der Waals surface area contributed by atoms with Crippen LogP contribution in [0.1, 0.15) is 13.3 Å². The molecule has 1 aromatic carbocycles. The number of benzene rings is 1. The summed E-state index contributed by atoms with van der Waals surface area (Å²) in [6, 6.07) is 6.92. The number of amides is 2. The summed E-state index contributed by atoms with van der Waals surface area (Å²) in [7, 11) is 0. The van der Waals surface area contributed by atoms with Crippen LogP contribution < -0.4 is 20.7 Å². The number of halogens is 1. The topological polar surface area (TPSA) is 84.7 Å². The van der Waals surface area contributed by atoms with Gasteiger partial charge in [0.05, 0.1) is 11.7 Å². The zero-order chi connectivity index (χ0) is 14.5. The van der Waals surface area contributed by atoms with Gasteiger partial charge in [-0.2, -0.15) is 0 Å². The first kappa shape index (κ1) is 17.3. The Morgan fingerprint density at radius 2 is 2.19 bits per heavy atom. The van der Waals surface area contributed by atoms with E-state index in [0.717, 1.165) is 5.69 Å². The number of fused-ring (bicyclic) bond motifs is 1. The van der Waals surface area contributed by atoms with Gasteiger partial charge < -0.3 is 20.7 Å². The maximum Gasteiger partial charge on any atom is 0.265 e. The predicted molar refractivity (Wildman–Crippen MR) is 82.8 cm³/mol. The number of rotatable bonds is 5. The third kappa shape index (κ3) is 4.34. The maximum atomic E-state index is 11.9. The van der Waals surface area contributed by atoms with Gasteiger partial charge in [0.2, 0.25) is 5.91 Å². The van der Waals surface area contributed by atoms with Crippen molar-refractivity contribution in [3.63, 3.8) is 0 Å². The van der Waals surface area contributed by atoms with Crippen molar-refractivity contribution in [1.29, 1.82) is 0 Å². The lowest BCUT2D eigenvalue weighted by molar-refractivity contribution is -0.122. The van der Waals surface area contributed by atoms with Crippen LogP contribution in [0.3, 0.4) is 0 Å². The van der Waals surface area contributed by atoms with E-state index in [9.17, 15) is 9.59 Å². The molecule has 6 nitrogen and oxygen atoms in total. The average molecular weight is 314 g/mol. The number of para-hydroxylation sites is 2. The van der Waals surface area contributed by atoms with Crippen molar-refractivity contribution in [3.05, 3.63) is 24.3 Å². The number of carbonyl (C=O) groups is 2. The summed E-state index contributed by atoms with van der Waals surface area (Å²) in [4.78, 5) is 24.9. The highest BCUT2D eigenvalue weighted by molar-refractivity contribution is 5.97. The Bertz CT molecular complexity index is 508. The van der Waals surface area contributed by atoms with Crippen LogP contribution in [0.2, 0.25) is 0 Å². The minimum absolute atomic E-state index is 0. The first-order valence-corrected chi connectivity index (χ1v) is 6.65. The second-order valence-electron chi connectivity index (χ2n) is 4.74. The Morgan fingerprint density at radius 3 is 2.90 bits per heavy atom. The van der Waals surface area contributed by atoms with Crippen LogP contribution >= 0.6 is 12.4 Å². The lowest BCUT2D eigenvalue weighted by atomic mass is 10.2. The molecule has 0 aromatic heterocycles. The van der Waals surface area contributed by atoms with Gasteiger partial charge in [-0.25, -0.2) is 0 Å². The van der Waals surface area contributed by atoms with Crippen LogP contribution in [-0.4, -0.2) is 37.6 Å². The summed E-state index contributed by atoms with van der Waals surface area (Å²) in [5.41, 5.74) is 6.23. The largest absolute Gasteiger partial charge is 0.482 e. The summed E-state index contributed by atoms with van der Waals surface area (Å²) >= 11 is 0. The van der Waals surface area contributed by atoms with Crippen molar-refractivity contribution < 1.29 is 14.3 Å². The van der Waals surface area contributed by atoms with E-state index in [4.69, 9.17) is 10.5 Å². The van der Waals surface area contributed by atoms with Gasteiger partial charge in [0, 0.05) is 13.1 Å². The summed E-state index contributed by atoms with van der Waals surface area (Å²) in [6.45, 7) is 2.73. The molecule has 0 spiro atoms. The normalized spacial score (nSPS) is 14.6. The monoisotopic (exact) mass is 313 g/mol. The molecule has 1 heterocycles. The second kappa shape index (κ2) is 7.85. The van der Waals surface area contributed by atoms with Crippen LogP contribution in [0.25, 0.3) is 0 Å². The SMILES string of the molecule is C[C@H](N)C(=O)NCCCN1C(=O)COc2ccccc21.Cl. The quantitative estimate of drug-likeness (QED) is 0.783. The van der Waals surface area contributed by atoms with Crippen LogP contribution in [-0.2, 0) is 9.59 Å². The molecular weight excluding hydrogens is 294 g/mol. The fourth-order valence-corrected chi connectivity index (χ4v) is 2.01. The highest BCUT2D eigenvalue weighted by Gasteiger charge is 2.24. The Balaban J connectivity index is 0.00000220. The van der Waals surface area contributed by atoms with E-state index in [2.05, 4.69) is 5.32 Å². The molecule has 3 N–H and O–H groups in total. The van der Waals surface area contributed by atoms with Crippen molar-refractivity contribution in [2.45, 2.75) is 19.4 Å². The molecule has 1 aliphatic heterocycles. The van der Waals surface area contributed by atoms with Crippen molar-refractivity contribution >= 4 is 29.9 Å². The number of nitrogens with zero attached hydrogens (tertiary/aromatic N) is 1. The summed E-state index contributed by atoms with van der Waals surface area (Å²) in [6.07, 6.45) is 0.665. The molecule has 7 heteroatoms. The van der Waals surface area contributed by atoms with Gasteiger partial charge in [-0.05, 0) is 25.5 Å². The fraction of sp³-hybridized carbons (Fsp3) is 0.429. The third-order valence-corrected chi connectivity index (χ3v) is 3.08. The molecule has 0 unspecified atom stereocenters. The number of hydrogen-bond donors (Lipinski definition) is 2. The Hall–Kier alpha value is -1.79. The molecule has 1 aromatic rings. The van der Waals surface area contributed by atoms with E-state index < -0.39 is 6.04 Å².